The highest BCUT2D eigenvalue weighted by Crippen LogP contribution is 2.28. The Morgan fingerprint density at radius 2 is 2.05 bits per heavy atom. The second-order valence-electron chi connectivity index (χ2n) is 5.44. The molecule has 0 radical (unpaired) electrons. The Kier molecular flexibility index (Phi) is 4.69. The zero-order chi connectivity index (χ0) is 14.8. The predicted molar refractivity (Wildman–Crippen MR) is 76.8 cm³/mol. The van der Waals surface area contributed by atoms with Gasteiger partial charge in [0.15, 0.2) is 5.82 Å². The highest BCUT2D eigenvalue weighted by atomic mass is 35.5. The van der Waals surface area contributed by atoms with Crippen molar-refractivity contribution in [2.45, 2.75) is 24.7 Å². The van der Waals surface area contributed by atoms with Crippen molar-refractivity contribution >= 4 is 21.6 Å². The first-order chi connectivity index (χ1) is 9.34. The van der Waals surface area contributed by atoms with Gasteiger partial charge in [0, 0.05) is 6.54 Å². The maximum atomic E-state index is 13.8. The minimum absolute atomic E-state index is 0.104. The Morgan fingerprint density at radius 3 is 2.70 bits per heavy atom. The van der Waals surface area contributed by atoms with Crippen molar-refractivity contribution in [1.29, 1.82) is 0 Å². The number of piperidine rings is 1. The normalized spacial score (nSPS) is 18.9. The second-order valence-corrected chi connectivity index (χ2v) is 7.58. The summed E-state index contributed by atoms with van der Waals surface area (Å²) in [5.74, 6) is -0.905. The molecule has 1 aliphatic rings. The van der Waals surface area contributed by atoms with Crippen LogP contribution in [0.25, 0.3) is 0 Å². The summed E-state index contributed by atoms with van der Waals surface area (Å²) in [5.41, 5.74) is -0.104. The molecule has 2 rings (SSSR count). The van der Waals surface area contributed by atoms with Crippen molar-refractivity contribution in [1.82, 2.24) is 10.0 Å². The molecular formula is C13H18ClFN2O2S. The van der Waals surface area contributed by atoms with Crippen LogP contribution in [0.3, 0.4) is 0 Å². The summed E-state index contributed by atoms with van der Waals surface area (Å²) >= 11 is 5.62. The van der Waals surface area contributed by atoms with Crippen molar-refractivity contribution in [3.63, 3.8) is 0 Å². The molecule has 0 aromatic heterocycles. The predicted octanol–water partition coefficient (Wildman–Crippen LogP) is 2.15. The van der Waals surface area contributed by atoms with E-state index < -0.39 is 20.7 Å². The average molecular weight is 321 g/mol. The standard InChI is InChI=1S/C13H18ClFN2O2S/c1-13(5-7-16-8-6-13)9-17-20(18,19)11-4-2-3-10(14)12(11)15/h2-4,16-17H,5-9H2,1H3. The fourth-order valence-corrected chi connectivity index (χ4v) is 3.77. The summed E-state index contributed by atoms with van der Waals surface area (Å²) in [5, 5.41) is 3.04. The molecule has 0 aliphatic carbocycles. The van der Waals surface area contributed by atoms with Gasteiger partial charge in [0.25, 0.3) is 0 Å². The fraction of sp³-hybridized carbons (Fsp3) is 0.538. The van der Waals surface area contributed by atoms with E-state index >= 15 is 0 Å². The highest BCUT2D eigenvalue weighted by molar-refractivity contribution is 7.89. The van der Waals surface area contributed by atoms with Crippen molar-refractivity contribution in [3.8, 4) is 0 Å². The lowest BCUT2D eigenvalue weighted by Gasteiger charge is -2.34. The number of nitrogens with one attached hydrogen (secondary N) is 2. The second kappa shape index (κ2) is 5.97. The Balaban J connectivity index is 2.13. The van der Waals surface area contributed by atoms with Gasteiger partial charge in [-0.25, -0.2) is 17.5 Å². The van der Waals surface area contributed by atoms with Gasteiger partial charge in [-0.3, -0.25) is 0 Å². The van der Waals surface area contributed by atoms with Crippen LogP contribution in [0.5, 0.6) is 0 Å². The molecule has 0 bridgehead atoms. The van der Waals surface area contributed by atoms with E-state index in [0.717, 1.165) is 25.9 Å². The van der Waals surface area contributed by atoms with Crippen molar-refractivity contribution in [2.24, 2.45) is 5.41 Å². The smallest absolute Gasteiger partial charge is 0.243 e. The molecule has 1 aromatic rings. The van der Waals surface area contributed by atoms with Crippen LogP contribution in [-0.4, -0.2) is 28.1 Å². The van der Waals surface area contributed by atoms with E-state index in [-0.39, 0.29) is 10.4 Å². The summed E-state index contributed by atoms with van der Waals surface area (Å²) in [6.07, 6.45) is 1.76. The molecule has 7 heteroatoms. The average Bonchev–Trinajstić information content (AvgIpc) is 2.41. The van der Waals surface area contributed by atoms with Crippen LogP contribution >= 0.6 is 11.6 Å². The van der Waals surface area contributed by atoms with Gasteiger partial charge in [0.2, 0.25) is 10.0 Å². The highest BCUT2D eigenvalue weighted by Gasteiger charge is 2.29. The summed E-state index contributed by atoms with van der Waals surface area (Å²) in [6, 6.07) is 3.96. The van der Waals surface area contributed by atoms with E-state index in [1.165, 1.54) is 18.2 Å². The molecule has 1 heterocycles. The van der Waals surface area contributed by atoms with E-state index in [1.54, 1.807) is 0 Å². The summed E-state index contributed by atoms with van der Waals surface area (Å²) < 4.78 is 40.6. The van der Waals surface area contributed by atoms with Crippen LogP contribution in [0.15, 0.2) is 23.1 Å². The van der Waals surface area contributed by atoms with E-state index in [9.17, 15) is 12.8 Å². The van der Waals surface area contributed by atoms with Crippen LogP contribution < -0.4 is 10.0 Å². The van der Waals surface area contributed by atoms with Crippen LogP contribution in [0, 0.1) is 11.2 Å². The number of rotatable bonds is 4. The third-order valence-corrected chi connectivity index (χ3v) is 5.42. The molecule has 0 atom stereocenters. The SMILES string of the molecule is CC1(CNS(=O)(=O)c2cccc(Cl)c2F)CCNCC1. The maximum Gasteiger partial charge on any atom is 0.243 e. The minimum Gasteiger partial charge on any atom is -0.317 e. The monoisotopic (exact) mass is 320 g/mol. The topological polar surface area (TPSA) is 58.2 Å². The molecule has 1 fully saturated rings. The molecule has 1 saturated heterocycles. The number of hydrogen-bond donors (Lipinski definition) is 2. The lowest BCUT2D eigenvalue weighted by molar-refractivity contribution is 0.232. The Labute approximate surface area is 123 Å². The number of hydrogen-bond acceptors (Lipinski definition) is 3. The molecule has 2 N–H and O–H groups in total. The van der Waals surface area contributed by atoms with E-state index in [4.69, 9.17) is 11.6 Å². The minimum atomic E-state index is -3.88. The van der Waals surface area contributed by atoms with Gasteiger partial charge in [-0.15, -0.1) is 0 Å². The third kappa shape index (κ3) is 3.49. The number of sulfonamides is 1. The summed E-state index contributed by atoms with van der Waals surface area (Å²) in [6.45, 7) is 4.06. The van der Waals surface area contributed by atoms with Gasteiger partial charge in [0.05, 0.1) is 5.02 Å². The zero-order valence-electron chi connectivity index (χ0n) is 11.2. The number of halogens is 2. The Morgan fingerprint density at radius 1 is 1.40 bits per heavy atom. The molecule has 0 saturated carbocycles. The van der Waals surface area contributed by atoms with E-state index in [1.807, 2.05) is 6.92 Å². The van der Waals surface area contributed by atoms with E-state index in [0.29, 0.717) is 6.54 Å². The maximum absolute atomic E-state index is 13.8. The largest absolute Gasteiger partial charge is 0.317 e. The lowest BCUT2D eigenvalue weighted by atomic mass is 9.81. The van der Waals surface area contributed by atoms with E-state index in [2.05, 4.69) is 10.0 Å². The summed E-state index contributed by atoms with van der Waals surface area (Å²) in [4.78, 5) is -0.400. The number of benzene rings is 1. The molecular weight excluding hydrogens is 303 g/mol. The van der Waals surface area contributed by atoms with Crippen LogP contribution in [0.2, 0.25) is 5.02 Å². The molecule has 112 valence electrons. The van der Waals surface area contributed by atoms with Crippen LogP contribution in [0.4, 0.5) is 4.39 Å². The van der Waals surface area contributed by atoms with Gasteiger partial charge in [-0.1, -0.05) is 24.6 Å². The third-order valence-electron chi connectivity index (χ3n) is 3.71. The van der Waals surface area contributed by atoms with Gasteiger partial charge < -0.3 is 5.32 Å². The molecule has 0 spiro atoms. The first-order valence-electron chi connectivity index (χ1n) is 6.48. The Hall–Kier alpha value is -0.690. The quantitative estimate of drug-likeness (QED) is 0.893. The van der Waals surface area contributed by atoms with Crippen molar-refractivity contribution in [2.75, 3.05) is 19.6 Å². The van der Waals surface area contributed by atoms with Crippen molar-refractivity contribution in [3.05, 3.63) is 29.0 Å². The first kappa shape index (κ1) is 15.7. The molecule has 1 aliphatic heterocycles. The fourth-order valence-electron chi connectivity index (χ4n) is 2.25. The van der Waals surface area contributed by atoms with Crippen molar-refractivity contribution < 1.29 is 12.8 Å². The lowest BCUT2D eigenvalue weighted by Crippen LogP contribution is -2.43. The Bertz CT molecular complexity index is 586. The van der Waals surface area contributed by atoms with Gasteiger partial charge in [-0.05, 0) is 43.5 Å². The van der Waals surface area contributed by atoms with Gasteiger partial charge in [0.1, 0.15) is 4.90 Å². The molecule has 20 heavy (non-hydrogen) atoms. The van der Waals surface area contributed by atoms with Crippen LogP contribution in [-0.2, 0) is 10.0 Å². The summed E-state index contributed by atoms with van der Waals surface area (Å²) in [7, 11) is -3.88. The van der Waals surface area contributed by atoms with Gasteiger partial charge >= 0.3 is 0 Å². The first-order valence-corrected chi connectivity index (χ1v) is 8.35. The molecule has 1 aromatic carbocycles. The van der Waals surface area contributed by atoms with Gasteiger partial charge in [-0.2, -0.15) is 0 Å². The molecule has 4 nitrogen and oxygen atoms in total. The molecule has 0 unspecified atom stereocenters. The van der Waals surface area contributed by atoms with Crippen LogP contribution in [0.1, 0.15) is 19.8 Å². The molecule has 0 amide bonds. The zero-order valence-corrected chi connectivity index (χ0v) is 12.8.